The molecule has 0 heterocycles. The number of hydrogen-bond acceptors (Lipinski definition) is 1. The van der Waals surface area contributed by atoms with Gasteiger partial charge >= 0.3 is 0 Å². The smallest absolute Gasteiger partial charge is 0.160 e. The van der Waals surface area contributed by atoms with E-state index in [0.29, 0.717) is 0 Å². The molecule has 1 aromatic carbocycles. The first kappa shape index (κ1) is 13.3. The summed E-state index contributed by atoms with van der Waals surface area (Å²) in [5, 5.41) is 3.27. The summed E-state index contributed by atoms with van der Waals surface area (Å²) in [5.74, 6) is -0.576. The van der Waals surface area contributed by atoms with Gasteiger partial charge in [-0.1, -0.05) is 29.3 Å². The minimum absolute atomic E-state index is 0.0333. The van der Waals surface area contributed by atoms with Gasteiger partial charge < -0.3 is 5.32 Å². The standard InChI is InChI=1S/C12H14Cl2FN/c1-3-4-5-8(2)16-9-6-10(13)12(15)11(14)7-9/h3,6-8,16H,1,4-5H2,2H3. The van der Waals surface area contributed by atoms with Crippen LogP contribution in [0.2, 0.25) is 10.0 Å². The number of anilines is 1. The lowest BCUT2D eigenvalue weighted by molar-refractivity contribution is 0.628. The summed E-state index contributed by atoms with van der Waals surface area (Å²) in [5.41, 5.74) is 0.730. The van der Waals surface area contributed by atoms with Gasteiger partial charge in [0.15, 0.2) is 5.82 Å². The van der Waals surface area contributed by atoms with Crippen molar-refractivity contribution in [1.82, 2.24) is 0 Å². The Hall–Kier alpha value is -0.730. The van der Waals surface area contributed by atoms with Crippen molar-refractivity contribution in [3.05, 3.63) is 40.7 Å². The highest BCUT2D eigenvalue weighted by atomic mass is 35.5. The van der Waals surface area contributed by atoms with Crippen molar-refractivity contribution in [3.63, 3.8) is 0 Å². The number of halogens is 3. The maximum Gasteiger partial charge on any atom is 0.160 e. The molecule has 0 aliphatic carbocycles. The van der Waals surface area contributed by atoms with E-state index in [1.165, 1.54) is 12.1 Å². The molecule has 0 bridgehead atoms. The van der Waals surface area contributed by atoms with E-state index in [4.69, 9.17) is 23.2 Å². The molecule has 1 rings (SSSR count). The van der Waals surface area contributed by atoms with Crippen LogP contribution in [0.5, 0.6) is 0 Å². The first-order valence-corrected chi connectivity index (χ1v) is 5.82. The number of rotatable bonds is 5. The monoisotopic (exact) mass is 261 g/mol. The molecule has 1 aromatic rings. The van der Waals surface area contributed by atoms with Gasteiger partial charge in [-0.05, 0) is 31.9 Å². The second kappa shape index (κ2) is 6.12. The van der Waals surface area contributed by atoms with Crippen LogP contribution in [0.25, 0.3) is 0 Å². The van der Waals surface area contributed by atoms with Gasteiger partial charge in [0.05, 0.1) is 10.0 Å². The summed E-state index contributed by atoms with van der Waals surface area (Å²) >= 11 is 11.4. The lowest BCUT2D eigenvalue weighted by atomic mass is 10.1. The quantitative estimate of drug-likeness (QED) is 0.587. The largest absolute Gasteiger partial charge is 0.382 e. The van der Waals surface area contributed by atoms with Crippen molar-refractivity contribution >= 4 is 28.9 Å². The lowest BCUT2D eigenvalue weighted by Crippen LogP contribution is -2.14. The fraction of sp³-hybridized carbons (Fsp3) is 0.333. The molecule has 88 valence electrons. The van der Waals surface area contributed by atoms with E-state index < -0.39 is 5.82 Å². The molecule has 0 aromatic heterocycles. The maximum absolute atomic E-state index is 13.1. The van der Waals surface area contributed by atoms with Crippen molar-refractivity contribution in [2.24, 2.45) is 0 Å². The average molecular weight is 262 g/mol. The normalized spacial score (nSPS) is 12.2. The summed E-state index contributed by atoms with van der Waals surface area (Å²) in [4.78, 5) is 0. The van der Waals surface area contributed by atoms with Crippen LogP contribution in [-0.2, 0) is 0 Å². The van der Waals surface area contributed by atoms with Crippen molar-refractivity contribution in [3.8, 4) is 0 Å². The first-order chi connectivity index (χ1) is 7.54. The third-order valence-electron chi connectivity index (χ3n) is 2.20. The van der Waals surface area contributed by atoms with Gasteiger partial charge in [-0.15, -0.1) is 6.58 Å². The lowest BCUT2D eigenvalue weighted by Gasteiger charge is -2.15. The van der Waals surface area contributed by atoms with Crippen LogP contribution in [0.4, 0.5) is 10.1 Å². The molecule has 0 radical (unpaired) electrons. The number of hydrogen-bond donors (Lipinski definition) is 1. The van der Waals surface area contributed by atoms with Crippen LogP contribution in [0, 0.1) is 5.82 Å². The SMILES string of the molecule is C=CCCC(C)Nc1cc(Cl)c(F)c(Cl)c1. The van der Waals surface area contributed by atoms with Gasteiger partial charge in [0.1, 0.15) is 0 Å². The van der Waals surface area contributed by atoms with Crippen LogP contribution in [0.3, 0.4) is 0 Å². The highest BCUT2D eigenvalue weighted by molar-refractivity contribution is 6.35. The second-order valence-corrected chi connectivity index (χ2v) is 4.48. The molecular formula is C12H14Cl2FN. The number of nitrogens with one attached hydrogen (secondary N) is 1. The van der Waals surface area contributed by atoms with Gasteiger partial charge in [-0.25, -0.2) is 4.39 Å². The maximum atomic E-state index is 13.1. The van der Waals surface area contributed by atoms with Crippen LogP contribution in [-0.4, -0.2) is 6.04 Å². The van der Waals surface area contributed by atoms with Crippen molar-refractivity contribution in [2.75, 3.05) is 5.32 Å². The first-order valence-electron chi connectivity index (χ1n) is 5.06. The molecule has 1 atom stereocenters. The molecule has 0 amide bonds. The number of allylic oxidation sites excluding steroid dienone is 1. The molecule has 4 heteroatoms. The van der Waals surface area contributed by atoms with Gasteiger partial charge in [0.25, 0.3) is 0 Å². The zero-order valence-electron chi connectivity index (χ0n) is 9.06. The molecule has 0 fully saturated rings. The Labute approximate surface area is 105 Å². The summed E-state index contributed by atoms with van der Waals surface area (Å²) in [7, 11) is 0. The summed E-state index contributed by atoms with van der Waals surface area (Å²) in [6, 6.07) is 3.33. The molecule has 1 N–H and O–H groups in total. The summed E-state index contributed by atoms with van der Waals surface area (Å²) in [6.45, 7) is 5.70. The fourth-order valence-electron chi connectivity index (χ4n) is 1.36. The molecule has 0 spiro atoms. The Bertz CT molecular complexity index is 356. The van der Waals surface area contributed by atoms with Crippen LogP contribution in [0.1, 0.15) is 19.8 Å². The van der Waals surface area contributed by atoms with Gasteiger partial charge in [0.2, 0.25) is 0 Å². The van der Waals surface area contributed by atoms with Gasteiger partial charge in [0, 0.05) is 11.7 Å². The van der Waals surface area contributed by atoms with Crippen molar-refractivity contribution < 1.29 is 4.39 Å². The molecule has 1 unspecified atom stereocenters. The molecule has 0 aliphatic rings. The summed E-state index contributed by atoms with van der Waals surface area (Å²) in [6.07, 6.45) is 3.75. The van der Waals surface area contributed by atoms with Gasteiger partial charge in [-0.2, -0.15) is 0 Å². The highest BCUT2D eigenvalue weighted by Gasteiger charge is 2.08. The third-order valence-corrected chi connectivity index (χ3v) is 2.75. The molecule has 0 saturated carbocycles. The van der Waals surface area contributed by atoms with Crippen molar-refractivity contribution in [1.29, 1.82) is 0 Å². The predicted molar refractivity (Wildman–Crippen MR) is 68.9 cm³/mol. The zero-order valence-corrected chi connectivity index (χ0v) is 10.6. The van der Waals surface area contributed by atoms with Crippen LogP contribution in [0.15, 0.2) is 24.8 Å². The zero-order chi connectivity index (χ0) is 12.1. The molecular weight excluding hydrogens is 248 g/mol. The molecule has 16 heavy (non-hydrogen) atoms. The Morgan fingerprint density at radius 1 is 1.44 bits per heavy atom. The van der Waals surface area contributed by atoms with E-state index >= 15 is 0 Å². The second-order valence-electron chi connectivity index (χ2n) is 3.67. The van der Waals surface area contributed by atoms with E-state index in [2.05, 4.69) is 11.9 Å². The molecule has 0 saturated heterocycles. The van der Waals surface area contributed by atoms with Gasteiger partial charge in [-0.3, -0.25) is 0 Å². The summed E-state index contributed by atoms with van der Waals surface area (Å²) < 4.78 is 13.1. The van der Waals surface area contributed by atoms with E-state index in [9.17, 15) is 4.39 Å². The Morgan fingerprint density at radius 2 is 2.00 bits per heavy atom. The number of benzene rings is 1. The third kappa shape index (κ3) is 3.69. The highest BCUT2D eigenvalue weighted by Crippen LogP contribution is 2.27. The molecule has 1 nitrogen and oxygen atoms in total. The van der Waals surface area contributed by atoms with Crippen LogP contribution >= 0.6 is 23.2 Å². The Balaban J connectivity index is 2.70. The Kier molecular flexibility index (Phi) is 5.10. The Morgan fingerprint density at radius 3 is 2.50 bits per heavy atom. The minimum atomic E-state index is -0.576. The topological polar surface area (TPSA) is 12.0 Å². The predicted octanol–water partition coefficient (Wildman–Crippen LogP) is 4.90. The average Bonchev–Trinajstić information content (AvgIpc) is 2.23. The van der Waals surface area contributed by atoms with E-state index in [-0.39, 0.29) is 16.1 Å². The fourth-order valence-corrected chi connectivity index (χ4v) is 1.85. The minimum Gasteiger partial charge on any atom is -0.382 e. The van der Waals surface area contributed by atoms with Crippen LogP contribution < -0.4 is 5.32 Å². The molecule has 0 aliphatic heterocycles. The van der Waals surface area contributed by atoms with E-state index in [1.54, 1.807) is 0 Å². The van der Waals surface area contributed by atoms with E-state index in [1.807, 2.05) is 13.0 Å². The van der Waals surface area contributed by atoms with Crippen molar-refractivity contribution in [2.45, 2.75) is 25.8 Å². The van der Waals surface area contributed by atoms with E-state index in [0.717, 1.165) is 18.5 Å².